The highest BCUT2D eigenvalue weighted by molar-refractivity contribution is 7.28. The predicted molar refractivity (Wildman–Crippen MR) is 74.8 cm³/mol. The van der Waals surface area contributed by atoms with Crippen LogP contribution in [0.25, 0.3) is 9.40 Å². The first-order chi connectivity index (χ1) is 7.74. The SMILES string of the molecule is Cc1cc2sc(C)c(CC3CCCC3)c2s1. The summed E-state index contributed by atoms with van der Waals surface area (Å²) in [5.41, 5.74) is 1.67. The molecular weight excluding hydrogens is 232 g/mol. The molecule has 1 saturated carbocycles. The third kappa shape index (κ3) is 1.82. The summed E-state index contributed by atoms with van der Waals surface area (Å²) in [6.07, 6.45) is 7.18. The fourth-order valence-corrected chi connectivity index (χ4v) is 5.40. The molecule has 0 spiro atoms. The summed E-state index contributed by atoms with van der Waals surface area (Å²) >= 11 is 3.99. The van der Waals surface area contributed by atoms with Gasteiger partial charge in [-0.1, -0.05) is 25.7 Å². The first-order valence-electron chi connectivity index (χ1n) is 6.22. The van der Waals surface area contributed by atoms with Gasteiger partial charge in [0.1, 0.15) is 0 Å². The van der Waals surface area contributed by atoms with Gasteiger partial charge in [0.25, 0.3) is 0 Å². The van der Waals surface area contributed by atoms with E-state index < -0.39 is 0 Å². The normalized spacial score (nSPS) is 17.6. The Morgan fingerprint density at radius 3 is 2.69 bits per heavy atom. The van der Waals surface area contributed by atoms with E-state index in [2.05, 4.69) is 19.9 Å². The lowest BCUT2D eigenvalue weighted by Crippen LogP contribution is -1.98. The molecule has 0 unspecified atom stereocenters. The molecule has 16 heavy (non-hydrogen) atoms. The summed E-state index contributed by atoms with van der Waals surface area (Å²) in [5, 5.41) is 0. The maximum absolute atomic E-state index is 2.36. The first kappa shape index (κ1) is 10.8. The average Bonchev–Trinajstić information content (AvgIpc) is 2.88. The molecule has 2 aromatic heterocycles. The van der Waals surface area contributed by atoms with Crippen LogP contribution in [0.1, 0.15) is 41.0 Å². The van der Waals surface area contributed by atoms with E-state index in [9.17, 15) is 0 Å². The molecule has 0 nitrogen and oxygen atoms in total. The van der Waals surface area contributed by atoms with Gasteiger partial charge < -0.3 is 0 Å². The maximum atomic E-state index is 2.36. The Balaban J connectivity index is 1.96. The van der Waals surface area contributed by atoms with Gasteiger partial charge in [0.05, 0.1) is 0 Å². The van der Waals surface area contributed by atoms with Crippen molar-refractivity contribution in [1.29, 1.82) is 0 Å². The summed E-state index contributed by atoms with van der Waals surface area (Å²) in [4.78, 5) is 3.03. The van der Waals surface area contributed by atoms with Crippen molar-refractivity contribution in [2.24, 2.45) is 5.92 Å². The van der Waals surface area contributed by atoms with Crippen molar-refractivity contribution in [2.45, 2.75) is 46.0 Å². The molecule has 2 aromatic rings. The molecule has 1 aliphatic rings. The van der Waals surface area contributed by atoms with Gasteiger partial charge >= 0.3 is 0 Å². The van der Waals surface area contributed by atoms with Gasteiger partial charge in [0.2, 0.25) is 0 Å². The topological polar surface area (TPSA) is 0 Å². The average molecular weight is 250 g/mol. The smallest absolute Gasteiger partial charge is 0.0488 e. The van der Waals surface area contributed by atoms with Crippen LogP contribution in [0.3, 0.4) is 0 Å². The van der Waals surface area contributed by atoms with Gasteiger partial charge in [-0.05, 0) is 37.8 Å². The highest BCUT2D eigenvalue weighted by Gasteiger charge is 2.19. The molecule has 2 heterocycles. The van der Waals surface area contributed by atoms with Gasteiger partial charge in [-0.2, -0.15) is 0 Å². The van der Waals surface area contributed by atoms with E-state index >= 15 is 0 Å². The second-order valence-electron chi connectivity index (χ2n) is 5.04. The lowest BCUT2D eigenvalue weighted by Gasteiger charge is -2.08. The fraction of sp³-hybridized carbons (Fsp3) is 0.571. The van der Waals surface area contributed by atoms with Gasteiger partial charge in [0.15, 0.2) is 0 Å². The zero-order chi connectivity index (χ0) is 11.1. The van der Waals surface area contributed by atoms with Gasteiger partial charge in [-0.15, -0.1) is 22.7 Å². The van der Waals surface area contributed by atoms with Crippen LogP contribution in [0.4, 0.5) is 0 Å². The monoisotopic (exact) mass is 250 g/mol. The van der Waals surface area contributed by atoms with Crippen LogP contribution in [0.5, 0.6) is 0 Å². The Morgan fingerprint density at radius 1 is 1.19 bits per heavy atom. The van der Waals surface area contributed by atoms with Crippen molar-refractivity contribution in [3.8, 4) is 0 Å². The Kier molecular flexibility index (Phi) is 2.80. The van der Waals surface area contributed by atoms with Gasteiger partial charge in [0, 0.05) is 19.2 Å². The van der Waals surface area contributed by atoms with Crippen LogP contribution >= 0.6 is 22.7 Å². The van der Waals surface area contributed by atoms with Crippen molar-refractivity contribution in [3.63, 3.8) is 0 Å². The van der Waals surface area contributed by atoms with E-state index in [0.717, 1.165) is 5.92 Å². The minimum Gasteiger partial charge on any atom is -0.139 e. The van der Waals surface area contributed by atoms with Gasteiger partial charge in [-0.3, -0.25) is 0 Å². The Labute approximate surface area is 105 Å². The summed E-state index contributed by atoms with van der Waals surface area (Å²) in [6, 6.07) is 2.36. The first-order valence-corrected chi connectivity index (χ1v) is 7.86. The van der Waals surface area contributed by atoms with Crippen LogP contribution < -0.4 is 0 Å². The van der Waals surface area contributed by atoms with Crippen molar-refractivity contribution < 1.29 is 0 Å². The molecule has 0 bridgehead atoms. The van der Waals surface area contributed by atoms with E-state index in [4.69, 9.17) is 0 Å². The van der Waals surface area contributed by atoms with Crippen LogP contribution in [-0.2, 0) is 6.42 Å². The predicted octanol–water partition coefficient (Wildman–Crippen LogP) is 5.31. The minimum absolute atomic E-state index is 0.971. The molecule has 0 radical (unpaired) electrons. The number of fused-ring (bicyclic) bond motifs is 1. The van der Waals surface area contributed by atoms with E-state index in [-0.39, 0.29) is 0 Å². The second kappa shape index (κ2) is 4.15. The quantitative estimate of drug-likeness (QED) is 0.677. The molecule has 0 aliphatic heterocycles. The molecule has 1 fully saturated rings. The number of rotatable bonds is 2. The number of aryl methyl sites for hydroxylation is 2. The van der Waals surface area contributed by atoms with Crippen LogP contribution in [-0.4, -0.2) is 0 Å². The summed E-state index contributed by atoms with van der Waals surface area (Å²) in [5.74, 6) is 0.971. The molecule has 3 rings (SSSR count). The Morgan fingerprint density at radius 2 is 1.94 bits per heavy atom. The third-order valence-electron chi connectivity index (χ3n) is 3.75. The molecule has 0 amide bonds. The summed E-state index contributed by atoms with van der Waals surface area (Å²) < 4.78 is 3.11. The minimum atomic E-state index is 0.971. The van der Waals surface area contributed by atoms with E-state index in [0.29, 0.717) is 0 Å². The van der Waals surface area contributed by atoms with Crippen LogP contribution in [0, 0.1) is 19.8 Å². The van der Waals surface area contributed by atoms with E-state index in [1.165, 1.54) is 41.7 Å². The summed E-state index contributed by atoms with van der Waals surface area (Å²) in [7, 11) is 0. The maximum Gasteiger partial charge on any atom is 0.0488 e. The molecule has 0 aromatic carbocycles. The van der Waals surface area contributed by atoms with Crippen molar-refractivity contribution in [2.75, 3.05) is 0 Å². The third-order valence-corrected chi connectivity index (χ3v) is 6.08. The molecule has 86 valence electrons. The Hall–Kier alpha value is -0.340. The zero-order valence-electron chi connectivity index (χ0n) is 10.0. The van der Waals surface area contributed by atoms with Crippen LogP contribution in [0.15, 0.2) is 6.07 Å². The van der Waals surface area contributed by atoms with Gasteiger partial charge in [-0.25, -0.2) is 0 Å². The molecular formula is C14H18S2. The molecule has 2 heteroatoms. The zero-order valence-corrected chi connectivity index (χ0v) is 11.6. The van der Waals surface area contributed by atoms with Crippen LogP contribution in [0.2, 0.25) is 0 Å². The number of hydrogen-bond acceptors (Lipinski definition) is 2. The lowest BCUT2D eigenvalue weighted by molar-refractivity contribution is 0.548. The van der Waals surface area contributed by atoms with Crippen molar-refractivity contribution in [3.05, 3.63) is 21.4 Å². The number of thiophene rings is 2. The molecule has 1 aliphatic carbocycles. The standard InChI is InChI=1S/C14H18S2/c1-9-7-13-14(15-9)12(10(2)16-13)8-11-5-3-4-6-11/h7,11H,3-6,8H2,1-2H3. The van der Waals surface area contributed by atoms with Crippen molar-refractivity contribution in [1.82, 2.24) is 0 Å². The fourth-order valence-electron chi connectivity index (χ4n) is 2.90. The molecule has 0 atom stereocenters. The molecule has 0 N–H and O–H groups in total. The molecule has 0 saturated heterocycles. The highest BCUT2D eigenvalue weighted by atomic mass is 32.1. The second-order valence-corrected chi connectivity index (χ2v) is 7.55. The highest BCUT2D eigenvalue weighted by Crippen LogP contribution is 2.40. The number of hydrogen-bond donors (Lipinski definition) is 0. The summed E-state index contributed by atoms with van der Waals surface area (Å²) in [6.45, 7) is 4.53. The lowest BCUT2D eigenvalue weighted by atomic mass is 9.98. The van der Waals surface area contributed by atoms with E-state index in [1.807, 2.05) is 22.7 Å². The van der Waals surface area contributed by atoms with E-state index in [1.54, 1.807) is 15.1 Å². The Bertz CT molecular complexity index is 498. The van der Waals surface area contributed by atoms with Crippen molar-refractivity contribution >= 4 is 32.1 Å². The largest absolute Gasteiger partial charge is 0.139 e.